The molecule has 1 aromatic carbocycles. The zero-order valence-corrected chi connectivity index (χ0v) is 9.60. The van der Waals surface area contributed by atoms with E-state index in [1.165, 1.54) is 18.5 Å². The molecule has 17 heavy (non-hydrogen) atoms. The molecule has 1 N–H and O–H groups in total. The largest absolute Gasteiger partial charge is 0.306 e. The van der Waals surface area contributed by atoms with E-state index in [4.69, 9.17) is 0 Å². The number of nitrogens with zero attached hydrogens (tertiary/aromatic N) is 2. The van der Waals surface area contributed by atoms with Gasteiger partial charge in [-0.3, -0.25) is 0 Å². The van der Waals surface area contributed by atoms with Crippen molar-refractivity contribution in [1.82, 2.24) is 15.3 Å². The molecule has 1 unspecified atom stereocenters. The second-order valence-electron chi connectivity index (χ2n) is 3.90. The highest BCUT2D eigenvalue weighted by atomic mass is 19.1. The Labute approximate surface area is 99.7 Å². The van der Waals surface area contributed by atoms with Gasteiger partial charge in [0.15, 0.2) is 0 Å². The number of aromatic nitrogens is 2. The van der Waals surface area contributed by atoms with Crippen LogP contribution < -0.4 is 5.32 Å². The van der Waals surface area contributed by atoms with Crippen molar-refractivity contribution in [2.75, 3.05) is 0 Å². The molecule has 4 heteroatoms. The lowest BCUT2D eigenvalue weighted by molar-refractivity contribution is 0.569. The van der Waals surface area contributed by atoms with Crippen LogP contribution in [0.15, 0.2) is 43.0 Å². The summed E-state index contributed by atoms with van der Waals surface area (Å²) in [4.78, 5) is 7.89. The summed E-state index contributed by atoms with van der Waals surface area (Å²) < 4.78 is 12.8. The fourth-order valence-corrected chi connectivity index (χ4v) is 1.56. The van der Waals surface area contributed by atoms with Gasteiger partial charge in [-0.25, -0.2) is 14.4 Å². The highest BCUT2D eigenvalue weighted by Gasteiger charge is 2.04. The molecule has 2 rings (SSSR count). The fourth-order valence-electron chi connectivity index (χ4n) is 1.56. The van der Waals surface area contributed by atoms with E-state index in [1.807, 2.05) is 6.92 Å². The zero-order chi connectivity index (χ0) is 12.1. The molecule has 0 spiro atoms. The summed E-state index contributed by atoms with van der Waals surface area (Å²) in [6.45, 7) is 2.73. The lowest BCUT2D eigenvalue weighted by atomic mass is 10.1. The number of hydrogen-bond donors (Lipinski definition) is 1. The van der Waals surface area contributed by atoms with Crippen LogP contribution in [0.3, 0.4) is 0 Å². The maximum absolute atomic E-state index is 12.8. The van der Waals surface area contributed by atoms with Crippen LogP contribution in [0, 0.1) is 5.82 Å². The minimum absolute atomic E-state index is 0.163. The molecule has 0 radical (unpaired) electrons. The summed E-state index contributed by atoms with van der Waals surface area (Å²) >= 11 is 0. The predicted octanol–water partition coefficient (Wildman–Crippen LogP) is 2.47. The van der Waals surface area contributed by atoms with E-state index in [1.54, 1.807) is 24.5 Å². The Morgan fingerprint density at radius 1 is 1.18 bits per heavy atom. The van der Waals surface area contributed by atoms with Gasteiger partial charge in [-0.2, -0.15) is 0 Å². The maximum Gasteiger partial charge on any atom is 0.123 e. The number of benzene rings is 1. The van der Waals surface area contributed by atoms with Gasteiger partial charge in [0.1, 0.15) is 12.1 Å². The van der Waals surface area contributed by atoms with Crippen LogP contribution in [0.1, 0.15) is 24.1 Å². The second kappa shape index (κ2) is 5.50. The highest BCUT2D eigenvalue weighted by molar-refractivity contribution is 5.19. The zero-order valence-electron chi connectivity index (χ0n) is 9.60. The first-order chi connectivity index (χ1) is 8.25. The first-order valence-electron chi connectivity index (χ1n) is 5.48. The van der Waals surface area contributed by atoms with E-state index in [9.17, 15) is 4.39 Å². The number of halogens is 1. The molecule has 3 nitrogen and oxygen atoms in total. The Balaban J connectivity index is 1.93. The summed E-state index contributed by atoms with van der Waals surface area (Å²) in [6.07, 6.45) is 5.06. The smallest absolute Gasteiger partial charge is 0.123 e. The first-order valence-corrected chi connectivity index (χ1v) is 5.48. The average Bonchev–Trinajstić information content (AvgIpc) is 2.38. The third-order valence-electron chi connectivity index (χ3n) is 2.60. The Bertz CT molecular complexity index is 456. The summed E-state index contributed by atoms with van der Waals surface area (Å²) in [6, 6.07) is 6.68. The van der Waals surface area contributed by atoms with Crippen molar-refractivity contribution < 1.29 is 4.39 Å². The third kappa shape index (κ3) is 3.32. The summed E-state index contributed by atoms with van der Waals surface area (Å²) in [5.74, 6) is -0.211. The van der Waals surface area contributed by atoms with Crippen LogP contribution >= 0.6 is 0 Å². The van der Waals surface area contributed by atoms with Crippen molar-refractivity contribution in [3.8, 4) is 0 Å². The van der Waals surface area contributed by atoms with E-state index in [-0.39, 0.29) is 11.9 Å². The molecule has 0 saturated carbocycles. The van der Waals surface area contributed by atoms with Crippen molar-refractivity contribution in [1.29, 1.82) is 0 Å². The Hall–Kier alpha value is -1.81. The minimum Gasteiger partial charge on any atom is -0.306 e. The van der Waals surface area contributed by atoms with Gasteiger partial charge in [0.05, 0.1) is 0 Å². The Kier molecular flexibility index (Phi) is 3.77. The molecule has 0 amide bonds. The quantitative estimate of drug-likeness (QED) is 0.878. The van der Waals surface area contributed by atoms with E-state index in [0.717, 1.165) is 11.1 Å². The van der Waals surface area contributed by atoms with Crippen LogP contribution in [-0.2, 0) is 6.54 Å². The lowest BCUT2D eigenvalue weighted by Crippen LogP contribution is -2.18. The molecule has 0 bridgehead atoms. The van der Waals surface area contributed by atoms with E-state index >= 15 is 0 Å². The summed E-state index contributed by atoms with van der Waals surface area (Å²) in [5.41, 5.74) is 2.09. The molecule has 0 fully saturated rings. The standard InChI is InChI=1S/C13H14FN3/c1-10(12-2-4-13(14)5-3-12)17-8-11-6-15-9-16-7-11/h2-7,9-10,17H,8H2,1H3. The molecular weight excluding hydrogens is 217 g/mol. The molecule has 88 valence electrons. The van der Waals surface area contributed by atoms with Gasteiger partial charge in [0, 0.05) is 30.5 Å². The van der Waals surface area contributed by atoms with Gasteiger partial charge >= 0.3 is 0 Å². The van der Waals surface area contributed by atoms with Crippen LogP contribution in [-0.4, -0.2) is 9.97 Å². The molecule has 1 atom stereocenters. The fraction of sp³-hybridized carbons (Fsp3) is 0.231. The molecule has 0 saturated heterocycles. The topological polar surface area (TPSA) is 37.8 Å². The molecule has 2 aromatic rings. The normalized spacial score (nSPS) is 12.4. The SMILES string of the molecule is CC(NCc1cncnc1)c1ccc(F)cc1. The average molecular weight is 231 g/mol. The molecule has 0 aliphatic carbocycles. The van der Waals surface area contributed by atoms with Crippen molar-refractivity contribution >= 4 is 0 Å². The minimum atomic E-state index is -0.211. The van der Waals surface area contributed by atoms with Crippen LogP contribution in [0.5, 0.6) is 0 Å². The second-order valence-corrected chi connectivity index (χ2v) is 3.90. The van der Waals surface area contributed by atoms with Crippen molar-refractivity contribution in [3.63, 3.8) is 0 Å². The van der Waals surface area contributed by atoms with E-state index < -0.39 is 0 Å². The van der Waals surface area contributed by atoms with Gasteiger partial charge in [0.25, 0.3) is 0 Å². The van der Waals surface area contributed by atoms with Gasteiger partial charge in [-0.15, -0.1) is 0 Å². The van der Waals surface area contributed by atoms with Crippen LogP contribution in [0.4, 0.5) is 4.39 Å². The Morgan fingerprint density at radius 3 is 2.47 bits per heavy atom. The van der Waals surface area contributed by atoms with Crippen LogP contribution in [0.2, 0.25) is 0 Å². The van der Waals surface area contributed by atoms with Crippen molar-refractivity contribution in [2.24, 2.45) is 0 Å². The van der Waals surface area contributed by atoms with Gasteiger partial charge in [-0.05, 0) is 24.6 Å². The monoisotopic (exact) mass is 231 g/mol. The Morgan fingerprint density at radius 2 is 1.82 bits per heavy atom. The summed E-state index contributed by atoms with van der Waals surface area (Å²) in [5, 5.41) is 3.33. The number of hydrogen-bond acceptors (Lipinski definition) is 3. The van der Waals surface area contributed by atoms with Gasteiger partial charge < -0.3 is 5.32 Å². The number of nitrogens with one attached hydrogen (secondary N) is 1. The molecular formula is C13H14FN3. The molecule has 0 aliphatic heterocycles. The van der Waals surface area contributed by atoms with E-state index in [2.05, 4.69) is 15.3 Å². The van der Waals surface area contributed by atoms with E-state index in [0.29, 0.717) is 6.54 Å². The lowest BCUT2D eigenvalue weighted by Gasteiger charge is -2.13. The summed E-state index contributed by atoms with van der Waals surface area (Å²) in [7, 11) is 0. The molecule has 1 heterocycles. The maximum atomic E-state index is 12.8. The van der Waals surface area contributed by atoms with Gasteiger partial charge in [-0.1, -0.05) is 12.1 Å². The first kappa shape index (κ1) is 11.7. The third-order valence-corrected chi connectivity index (χ3v) is 2.60. The highest BCUT2D eigenvalue weighted by Crippen LogP contribution is 2.13. The van der Waals surface area contributed by atoms with Gasteiger partial charge in [0.2, 0.25) is 0 Å². The molecule has 1 aromatic heterocycles. The van der Waals surface area contributed by atoms with Crippen LogP contribution in [0.25, 0.3) is 0 Å². The van der Waals surface area contributed by atoms with Crippen molar-refractivity contribution in [3.05, 3.63) is 59.9 Å². The number of rotatable bonds is 4. The predicted molar refractivity (Wildman–Crippen MR) is 63.7 cm³/mol. The molecule has 0 aliphatic rings. The van der Waals surface area contributed by atoms with Crippen molar-refractivity contribution in [2.45, 2.75) is 19.5 Å².